The maximum absolute atomic E-state index is 13.0. The maximum atomic E-state index is 13.0. The molecular formula is C30H22O7. The highest BCUT2D eigenvalue weighted by atomic mass is 16.7. The van der Waals surface area contributed by atoms with Gasteiger partial charge in [-0.25, -0.2) is 0 Å². The van der Waals surface area contributed by atoms with Crippen LogP contribution < -0.4 is 18.9 Å². The fourth-order valence-electron chi connectivity index (χ4n) is 5.81. The van der Waals surface area contributed by atoms with Gasteiger partial charge in [-0.3, -0.25) is 4.79 Å². The van der Waals surface area contributed by atoms with E-state index in [-0.39, 0.29) is 19.3 Å². The highest BCUT2D eigenvalue weighted by Gasteiger charge is 2.47. The monoisotopic (exact) mass is 494 g/mol. The minimum atomic E-state index is -0.882. The summed E-state index contributed by atoms with van der Waals surface area (Å²) in [5.74, 6) is 0.277. The van der Waals surface area contributed by atoms with Crippen molar-refractivity contribution >= 4 is 5.97 Å². The molecule has 2 aliphatic heterocycles. The molecule has 0 saturated heterocycles. The lowest BCUT2D eigenvalue weighted by Gasteiger charge is -2.23. The first kappa shape index (κ1) is 21.6. The van der Waals surface area contributed by atoms with Crippen molar-refractivity contribution in [2.75, 3.05) is 13.6 Å². The summed E-state index contributed by atoms with van der Waals surface area (Å²) in [5, 5.41) is 20.4. The number of ether oxygens (including phenoxy) is 4. The first-order valence-electron chi connectivity index (χ1n) is 12.0. The van der Waals surface area contributed by atoms with Crippen molar-refractivity contribution in [2.45, 2.75) is 11.8 Å². The average Bonchev–Trinajstić information content (AvgIpc) is 3.64. The quantitative estimate of drug-likeness (QED) is 0.387. The molecule has 0 radical (unpaired) electrons. The third-order valence-corrected chi connectivity index (χ3v) is 7.47. The normalized spacial score (nSPS) is 20.6. The summed E-state index contributed by atoms with van der Waals surface area (Å²) < 4.78 is 22.2. The van der Waals surface area contributed by atoms with Crippen molar-refractivity contribution in [1.29, 1.82) is 0 Å². The van der Waals surface area contributed by atoms with Crippen LogP contribution in [0.1, 0.15) is 34.1 Å². The van der Waals surface area contributed by atoms with E-state index in [4.69, 9.17) is 18.9 Å². The van der Waals surface area contributed by atoms with E-state index in [9.17, 15) is 15.0 Å². The van der Waals surface area contributed by atoms with Crippen LogP contribution in [0.4, 0.5) is 0 Å². The van der Waals surface area contributed by atoms with Gasteiger partial charge in [0, 0.05) is 11.8 Å². The van der Waals surface area contributed by atoms with E-state index < -0.39 is 23.7 Å². The molecule has 0 fully saturated rings. The number of carbonyl (C=O) groups is 1. The number of aliphatic carboxylic acids is 1. The van der Waals surface area contributed by atoms with Gasteiger partial charge in [0.15, 0.2) is 23.0 Å². The third kappa shape index (κ3) is 3.46. The summed E-state index contributed by atoms with van der Waals surface area (Å²) in [6, 6.07) is 24.4. The number of rotatable bonds is 4. The van der Waals surface area contributed by atoms with E-state index in [0.717, 1.165) is 33.4 Å². The Labute approximate surface area is 212 Å². The second kappa shape index (κ2) is 8.20. The third-order valence-electron chi connectivity index (χ3n) is 7.47. The Morgan fingerprint density at radius 2 is 1.16 bits per heavy atom. The highest BCUT2D eigenvalue weighted by Crippen LogP contribution is 2.55. The van der Waals surface area contributed by atoms with Gasteiger partial charge in [-0.1, -0.05) is 42.5 Å². The lowest BCUT2D eigenvalue weighted by atomic mass is 9.79. The number of phenols is 1. The second-order valence-corrected chi connectivity index (χ2v) is 9.44. The van der Waals surface area contributed by atoms with Gasteiger partial charge in [0.05, 0.1) is 5.92 Å². The number of fused-ring (bicyclic) bond motifs is 3. The van der Waals surface area contributed by atoms with Crippen molar-refractivity contribution < 1.29 is 34.0 Å². The van der Waals surface area contributed by atoms with Crippen LogP contribution >= 0.6 is 0 Å². The molecule has 0 saturated carbocycles. The molecule has 7 rings (SSSR count). The summed E-state index contributed by atoms with van der Waals surface area (Å²) in [5.41, 5.74) is 5.49. The molecule has 2 N–H and O–H groups in total. The van der Waals surface area contributed by atoms with Crippen LogP contribution in [0.3, 0.4) is 0 Å². The number of hydrogen-bond acceptors (Lipinski definition) is 6. The van der Waals surface area contributed by atoms with Crippen molar-refractivity contribution in [2.24, 2.45) is 5.92 Å². The Morgan fingerprint density at radius 3 is 1.76 bits per heavy atom. The van der Waals surface area contributed by atoms with E-state index in [1.807, 2.05) is 60.7 Å². The number of hydrogen-bond donors (Lipinski definition) is 2. The average molecular weight is 494 g/mol. The van der Waals surface area contributed by atoms with Gasteiger partial charge in [-0.2, -0.15) is 0 Å². The molecule has 4 aromatic carbocycles. The van der Waals surface area contributed by atoms with Gasteiger partial charge in [0.1, 0.15) is 5.75 Å². The van der Waals surface area contributed by atoms with Gasteiger partial charge in [-0.15, -0.1) is 0 Å². The molecule has 0 amide bonds. The number of aromatic hydroxyl groups is 1. The minimum absolute atomic E-state index is 0.146. The summed E-state index contributed by atoms with van der Waals surface area (Å²) in [4.78, 5) is 13.0. The molecule has 3 aliphatic rings. The summed E-state index contributed by atoms with van der Waals surface area (Å²) in [7, 11) is 0. The van der Waals surface area contributed by atoms with E-state index in [1.54, 1.807) is 12.1 Å². The van der Waals surface area contributed by atoms with E-state index >= 15 is 0 Å². The Hall–Kier alpha value is -4.65. The molecule has 7 nitrogen and oxygen atoms in total. The van der Waals surface area contributed by atoms with Crippen LogP contribution in [0.15, 0.2) is 78.9 Å². The smallest absolute Gasteiger partial charge is 0.308 e. The van der Waals surface area contributed by atoms with Crippen LogP contribution in [0.5, 0.6) is 28.7 Å². The Bertz CT molecular complexity index is 1540. The van der Waals surface area contributed by atoms with Crippen molar-refractivity contribution in [3.63, 3.8) is 0 Å². The first-order valence-corrected chi connectivity index (χ1v) is 12.0. The van der Waals surface area contributed by atoms with Gasteiger partial charge < -0.3 is 29.2 Å². The Balaban J connectivity index is 1.42. The van der Waals surface area contributed by atoms with Crippen LogP contribution in [0.25, 0.3) is 11.1 Å². The molecule has 3 atom stereocenters. The van der Waals surface area contributed by atoms with E-state index in [0.29, 0.717) is 23.0 Å². The Morgan fingerprint density at radius 1 is 0.622 bits per heavy atom. The number of carboxylic acid groups (broad SMARTS) is 1. The van der Waals surface area contributed by atoms with Crippen LogP contribution in [-0.4, -0.2) is 29.8 Å². The van der Waals surface area contributed by atoms with Crippen LogP contribution in [0, 0.1) is 5.92 Å². The molecule has 3 unspecified atom stereocenters. The summed E-state index contributed by atoms with van der Waals surface area (Å²) in [6.45, 7) is 0.297. The fourth-order valence-corrected chi connectivity index (χ4v) is 5.81. The zero-order chi connectivity index (χ0) is 25.1. The van der Waals surface area contributed by atoms with Crippen LogP contribution in [-0.2, 0) is 4.79 Å². The van der Waals surface area contributed by atoms with Gasteiger partial charge in [0.2, 0.25) is 13.6 Å². The second-order valence-electron chi connectivity index (χ2n) is 9.44. The number of benzene rings is 4. The van der Waals surface area contributed by atoms with Crippen molar-refractivity contribution in [1.82, 2.24) is 0 Å². The van der Waals surface area contributed by atoms with Gasteiger partial charge >= 0.3 is 5.97 Å². The largest absolute Gasteiger partial charge is 0.508 e. The molecule has 0 aromatic heterocycles. The van der Waals surface area contributed by atoms with Crippen molar-refractivity contribution in [3.05, 3.63) is 101 Å². The lowest BCUT2D eigenvalue weighted by molar-refractivity contribution is -0.142. The molecular weight excluding hydrogens is 472 g/mol. The first-order chi connectivity index (χ1) is 18.1. The molecule has 4 aromatic rings. The Kier molecular flexibility index (Phi) is 4.79. The summed E-state index contributed by atoms with van der Waals surface area (Å²) >= 11 is 0. The minimum Gasteiger partial charge on any atom is -0.508 e. The number of phenolic OH excluding ortho intramolecular Hbond substituents is 1. The van der Waals surface area contributed by atoms with Gasteiger partial charge in [-0.05, 0) is 69.8 Å². The predicted octanol–water partition coefficient (Wildman–Crippen LogP) is 5.49. The molecule has 0 spiro atoms. The topological polar surface area (TPSA) is 94.5 Å². The van der Waals surface area contributed by atoms with E-state index in [2.05, 4.69) is 6.07 Å². The highest BCUT2D eigenvalue weighted by molar-refractivity contribution is 5.79. The zero-order valence-electron chi connectivity index (χ0n) is 19.6. The molecule has 7 heteroatoms. The molecule has 2 heterocycles. The lowest BCUT2D eigenvalue weighted by Crippen LogP contribution is -2.24. The molecule has 37 heavy (non-hydrogen) atoms. The van der Waals surface area contributed by atoms with Crippen molar-refractivity contribution in [3.8, 4) is 39.9 Å². The standard InChI is InChI=1S/C30H22O7/c31-20-6-1-16(2-7-20)17-3-8-21-22(11-17)28(19-5-10-24-26(13-19)37-15-35-24)29(30(32)33)27(21)18-4-9-23-25(12-18)36-14-34-23/h1-13,27-29,31H,14-15H2,(H,32,33). The summed E-state index contributed by atoms with van der Waals surface area (Å²) in [6.07, 6.45) is 0. The number of carboxylic acids is 1. The van der Waals surface area contributed by atoms with Gasteiger partial charge in [0.25, 0.3) is 0 Å². The molecule has 184 valence electrons. The molecule has 0 bridgehead atoms. The fraction of sp³-hybridized carbons (Fsp3) is 0.167. The SMILES string of the molecule is O=C(O)C1C(c2ccc3c(c2)OCO3)c2ccc(-c3ccc(O)cc3)cc2C1c1ccc2c(c1)OCO2. The predicted molar refractivity (Wildman–Crippen MR) is 133 cm³/mol. The van der Waals surface area contributed by atoms with E-state index in [1.165, 1.54) is 0 Å². The molecule has 1 aliphatic carbocycles. The van der Waals surface area contributed by atoms with Crippen LogP contribution in [0.2, 0.25) is 0 Å². The zero-order valence-corrected chi connectivity index (χ0v) is 19.6. The maximum Gasteiger partial charge on any atom is 0.308 e.